The number of nitrogens with zero attached hydrogens (tertiary/aromatic N) is 2. The number of imide groups is 1. The molecule has 0 bridgehead atoms. The van der Waals surface area contributed by atoms with Crippen molar-refractivity contribution in [2.24, 2.45) is 0 Å². The molecule has 0 aromatic heterocycles. The lowest BCUT2D eigenvalue weighted by atomic mass is 9.92. The van der Waals surface area contributed by atoms with E-state index in [1.807, 2.05) is 0 Å². The van der Waals surface area contributed by atoms with E-state index in [-0.39, 0.29) is 22.2 Å². The van der Waals surface area contributed by atoms with Gasteiger partial charge in [0.1, 0.15) is 0 Å². The smallest absolute Gasteiger partial charge is 0.277 e. The Balaban J connectivity index is 1.82. The molecule has 0 saturated heterocycles. The number of amides is 2. The Kier molecular flexibility index (Phi) is 6.79. The van der Waals surface area contributed by atoms with Gasteiger partial charge in [0, 0.05) is 37.5 Å². The maximum absolute atomic E-state index is 13.3. The SMILES string of the molecule is O=C1c2cccc3c([N+](=O)[O-])ccc(c23)C(=O)N1c1ccc(OCCI)c(OCCI)c1. The molecule has 0 radical (unpaired) electrons. The topological polar surface area (TPSA) is 99.0 Å². The van der Waals surface area contributed by atoms with Gasteiger partial charge < -0.3 is 9.47 Å². The molecule has 4 rings (SSSR count). The lowest BCUT2D eigenvalue weighted by molar-refractivity contribution is -0.383. The largest absolute Gasteiger partial charge is 0.489 e. The van der Waals surface area contributed by atoms with Gasteiger partial charge in [-0.2, -0.15) is 0 Å². The van der Waals surface area contributed by atoms with Gasteiger partial charge in [0.15, 0.2) is 11.5 Å². The van der Waals surface area contributed by atoms with Gasteiger partial charge in [-0.1, -0.05) is 51.2 Å². The van der Waals surface area contributed by atoms with Gasteiger partial charge in [0.25, 0.3) is 17.5 Å². The number of non-ortho nitro benzene ring substituents is 1. The van der Waals surface area contributed by atoms with E-state index < -0.39 is 16.7 Å². The zero-order chi connectivity index (χ0) is 22.8. The maximum atomic E-state index is 13.3. The number of nitro benzene ring substituents is 1. The summed E-state index contributed by atoms with van der Waals surface area (Å²) in [6.07, 6.45) is 0. The fraction of sp³-hybridized carbons (Fsp3) is 0.182. The molecule has 3 aromatic carbocycles. The van der Waals surface area contributed by atoms with Crippen LogP contribution in [0.5, 0.6) is 11.5 Å². The molecule has 0 fully saturated rings. The van der Waals surface area contributed by atoms with Crippen LogP contribution in [-0.2, 0) is 0 Å². The van der Waals surface area contributed by atoms with Gasteiger partial charge in [0.2, 0.25) is 0 Å². The molecule has 1 heterocycles. The van der Waals surface area contributed by atoms with Crippen molar-refractivity contribution in [1.82, 2.24) is 0 Å². The second-order valence-electron chi connectivity index (χ2n) is 6.77. The number of carbonyl (C=O) groups excluding carboxylic acids is 2. The number of benzene rings is 3. The van der Waals surface area contributed by atoms with Crippen LogP contribution in [0.2, 0.25) is 0 Å². The Bertz CT molecular complexity index is 1220. The van der Waals surface area contributed by atoms with Crippen LogP contribution in [0.1, 0.15) is 20.7 Å². The number of carbonyl (C=O) groups is 2. The predicted octanol–water partition coefficient (Wildman–Crippen LogP) is 5.18. The molecule has 0 aliphatic carbocycles. The number of ether oxygens (including phenoxy) is 2. The molecule has 1 aliphatic heterocycles. The average molecular weight is 658 g/mol. The number of hydrogen-bond acceptors (Lipinski definition) is 6. The first-order valence-corrected chi connectivity index (χ1v) is 12.6. The van der Waals surface area contributed by atoms with Crippen molar-refractivity contribution < 1.29 is 24.0 Å². The molecular formula is C22H16I2N2O6. The van der Waals surface area contributed by atoms with Crippen molar-refractivity contribution in [3.8, 4) is 11.5 Å². The molecule has 0 N–H and O–H groups in total. The average Bonchev–Trinajstić information content (AvgIpc) is 2.80. The zero-order valence-corrected chi connectivity index (χ0v) is 20.9. The quantitative estimate of drug-likeness (QED) is 0.109. The summed E-state index contributed by atoms with van der Waals surface area (Å²) in [7, 11) is 0. The van der Waals surface area contributed by atoms with Crippen LogP contribution < -0.4 is 14.4 Å². The van der Waals surface area contributed by atoms with E-state index in [1.165, 1.54) is 12.1 Å². The minimum Gasteiger partial charge on any atom is -0.489 e. The number of halogens is 2. The maximum Gasteiger partial charge on any atom is 0.277 e. The number of rotatable bonds is 8. The molecule has 0 saturated carbocycles. The third-order valence-electron chi connectivity index (χ3n) is 4.94. The minimum atomic E-state index is -0.547. The van der Waals surface area contributed by atoms with Crippen molar-refractivity contribution in [1.29, 1.82) is 0 Å². The van der Waals surface area contributed by atoms with E-state index in [9.17, 15) is 19.7 Å². The Morgan fingerprint density at radius 3 is 2.19 bits per heavy atom. The van der Waals surface area contributed by atoms with Crippen LogP contribution in [0, 0.1) is 10.1 Å². The van der Waals surface area contributed by atoms with E-state index in [4.69, 9.17) is 9.47 Å². The molecule has 8 nitrogen and oxygen atoms in total. The Labute approximate surface area is 210 Å². The highest BCUT2D eigenvalue weighted by Crippen LogP contribution is 2.39. The van der Waals surface area contributed by atoms with Crippen LogP contribution in [0.25, 0.3) is 10.8 Å². The Morgan fingerprint density at radius 1 is 0.875 bits per heavy atom. The van der Waals surface area contributed by atoms with Crippen LogP contribution in [0.4, 0.5) is 11.4 Å². The molecule has 10 heteroatoms. The van der Waals surface area contributed by atoms with E-state index >= 15 is 0 Å². The van der Waals surface area contributed by atoms with E-state index in [0.29, 0.717) is 35.8 Å². The van der Waals surface area contributed by atoms with Gasteiger partial charge in [-0.05, 0) is 30.3 Å². The van der Waals surface area contributed by atoms with Crippen LogP contribution in [0.3, 0.4) is 0 Å². The molecule has 1 aliphatic rings. The summed E-state index contributed by atoms with van der Waals surface area (Å²) in [6, 6.07) is 12.3. The third kappa shape index (κ3) is 4.00. The summed E-state index contributed by atoms with van der Waals surface area (Å²) in [5.41, 5.74) is 0.665. The summed E-state index contributed by atoms with van der Waals surface area (Å²) in [5.74, 6) is -0.119. The van der Waals surface area contributed by atoms with Gasteiger partial charge in [-0.3, -0.25) is 19.7 Å². The number of hydrogen-bond donors (Lipinski definition) is 0. The van der Waals surface area contributed by atoms with Crippen molar-refractivity contribution >= 4 is 79.1 Å². The third-order valence-corrected chi connectivity index (χ3v) is 5.82. The van der Waals surface area contributed by atoms with E-state index in [0.717, 1.165) is 13.8 Å². The van der Waals surface area contributed by atoms with Gasteiger partial charge in [-0.15, -0.1) is 0 Å². The highest BCUT2D eigenvalue weighted by atomic mass is 127. The second-order valence-corrected chi connectivity index (χ2v) is 8.93. The van der Waals surface area contributed by atoms with Crippen molar-refractivity contribution in [3.63, 3.8) is 0 Å². The summed E-state index contributed by atoms with van der Waals surface area (Å²) < 4.78 is 13.1. The normalized spacial score (nSPS) is 12.9. The van der Waals surface area contributed by atoms with Crippen LogP contribution in [0.15, 0.2) is 48.5 Å². The Morgan fingerprint density at radius 2 is 1.53 bits per heavy atom. The van der Waals surface area contributed by atoms with Gasteiger partial charge in [-0.25, -0.2) is 4.90 Å². The highest BCUT2D eigenvalue weighted by molar-refractivity contribution is 14.1. The first-order valence-electron chi connectivity index (χ1n) is 9.58. The first-order chi connectivity index (χ1) is 15.5. The minimum absolute atomic E-state index is 0.147. The van der Waals surface area contributed by atoms with Crippen LogP contribution >= 0.6 is 45.2 Å². The van der Waals surface area contributed by atoms with E-state index in [2.05, 4.69) is 45.2 Å². The molecule has 0 atom stereocenters. The van der Waals surface area contributed by atoms with Crippen LogP contribution in [-0.4, -0.2) is 38.8 Å². The predicted molar refractivity (Wildman–Crippen MR) is 137 cm³/mol. The summed E-state index contributed by atoms with van der Waals surface area (Å²) in [6.45, 7) is 0.939. The van der Waals surface area contributed by atoms with Gasteiger partial charge in [0.05, 0.1) is 29.2 Å². The summed E-state index contributed by atoms with van der Waals surface area (Å²) in [5, 5.41) is 12.0. The van der Waals surface area contributed by atoms with Gasteiger partial charge >= 0.3 is 0 Å². The number of nitro groups is 1. The first kappa shape index (κ1) is 22.7. The fourth-order valence-corrected chi connectivity index (χ4v) is 4.08. The van der Waals surface area contributed by atoms with Crippen molar-refractivity contribution in [2.45, 2.75) is 0 Å². The monoisotopic (exact) mass is 658 g/mol. The van der Waals surface area contributed by atoms with Crippen molar-refractivity contribution in [3.05, 3.63) is 69.8 Å². The molecule has 3 aromatic rings. The standard InChI is InChI=1S/C22H16I2N2O6/c23-8-10-31-18-7-4-13(12-19(18)32-11-9-24)25-21(27)15-3-1-2-14-17(26(29)30)6-5-16(20(14)15)22(25)28/h1-7,12H,8-11H2. The molecular weight excluding hydrogens is 642 g/mol. The lowest BCUT2D eigenvalue weighted by Crippen LogP contribution is -2.40. The molecule has 2 amide bonds. The fourth-order valence-electron chi connectivity index (χ4n) is 3.64. The lowest BCUT2D eigenvalue weighted by Gasteiger charge is -2.27. The Hall–Kier alpha value is -2.48. The number of alkyl halides is 2. The van der Waals surface area contributed by atoms with E-state index in [1.54, 1.807) is 36.4 Å². The molecule has 0 unspecified atom stereocenters. The molecule has 164 valence electrons. The summed E-state index contributed by atoms with van der Waals surface area (Å²) >= 11 is 4.39. The molecule has 32 heavy (non-hydrogen) atoms. The molecule has 0 spiro atoms. The summed E-state index contributed by atoms with van der Waals surface area (Å²) in [4.78, 5) is 38.7. The zero-order valence-electron chi connectivity index (χ0n) is 16.5. The highest BCUT2D eigenvalue weighted by Gasteiger charge is 2.36. The second kappa shape index (κ2) is 9.57. The van der Waals surface area contributed by atoms with Crippen molar-refractivity contribution in [2.75, 3.05) is 27.0 Å². The number of anilines is 1.